The van der Waals surface area contributed by atoms with E-state index in [1.165, 1.54) is 6.20 Å². The van der Waals surface area contributed by atoms with Crippen LogP contribution >= 0.6 is 11.3 Å². The monoisotopic (exact) mass is 281 g/mol. The lowest BCUT2D eigenvalue weighted by Crippen LogP contribution is -2.49. The molecule has 2 atom stereocenters. The first-order valence-corrected chi connectivity index (χ1v) is 6.40. The molecular weight excluding hydrogens is 263 g/mol. The SMILES string of the molecule is CCC(C)(C(N)c1cnc(C(F)(F)F)s1)N(C)C. The lowest BCUT2D eigenvalue weighted by molar-refractivity contribution is -0.137. The van der Waals surface area contributed by atoms with Crippen LogP contribution in [0.1, 0.15) is 36.2 Å². The third-order valence-electron chi connectivity index (χ3n) is 3.48. The van der Waals surface area contributed by atoms with Crippen molar-refractivity contribution in [3.63, 3.8) is 0 Å². The topological polar surface area (TPSA) is 42.1 Å². The molecule has 1 rings (SSSR count). The van der Waals surface area contributed by atoms with Gasteiger partial charge in [0.25, 0.3) is 0 Å². The number of aromatic nitrogens is 1. The standard InChI is InChI=1S/C11H18F3N3S/c1-5-10(2,17(3)4)8(15)7-6-16-9(18-7)11(12,13)14/h6,8H,5,15H2,1-4H3. The summed E-state index contributed by atoms with van der Waals surface area (Å²) in [5, 5.41) is -0.842. The fourth-order valence-electron chi connectivity index (χ4n) is 1.68. The second-order valence-electron chi connectivity index (χ2n) is 4.65. The Labute approximate surface area is 109 Å². The van der Waals surface area contributed by atoms with E-state index in [0.29, 0.717) is 16.2 Å². The van der Waals surface area contributed by atoms with Gasteiger partial charge in [0.2, 0.25) is 0 Å². The van der Waals surface area contributed by atoms with Gasteiger partial charge in [0, 0.05) is 16.6 Å². The Morgan fingerprint density at radius 3 is 2.33 bits per heavy atom. The molecule has 18 heavy (non-hydrogen) atoms. The number of hydrogen-bond acceptors (Lipinski definition) is 4. The van der Waals surface area contributed by atoms with Crippen molar-refractivity contribution < 1.29 is 13.2 Å². The van der Waals surface area contributed by atoms with E-state index in [-0.39, 0.29) is 0 Å². The summed E-state index contributed by atoms with van der Waals surface area (Å²) in [6, 6.07) is -0.494. The number of hydrogen-bond donors (Lipinski definition) is 1. The molecule has 2 N–H and O–H groups in total. The van der Waals surface area contributed by atoms with Crippen LogP contribution in [0.15, 0.2) is 6.20 Å². The molecule has 104 valence electrons. The third kappa shape index (κ3) is 2.84. The van der Waals surface area contributed by atoms with Gasteiger partial charge in [-0.2, -0.15) is 13.2 Å². The van der Waals surface area contributed by atoms with Crippen LogP contribution in [0.5, 0.6) is 0 Å². The van der Waals surface area contributed by atoms with Gasteiger partial charge in [0.1, 0.15) is 0 Å². The third-order valence-corrected chi connectivity index (χ3v) is 4.61. The Balaban J connectivity index is 3.04. The second kappa shape index (κ2) is 5.14. The Morgan fingerprint density at radius 1 is 1.44 bits per heavy atom. The van der Waals surface area contributed by atoms with Gasteiger partial charge in [-0.3, -0.25) is 0 Å². The average molecular weight is 281 g/mol. The molecule has 0 aliphatic heterocycles. The summed E-state index contributed by atoms with van der Waals surface area (Å²) in [5.74, 6) is 0. The van der Waals surface area contributed by atoms with Gasteiger partial charge in [-0.15, -0.1) is 11.3 Å². The van der Waals surface area contributed by atoms with Crippen molar-refractivity contribution in [2.45, 2.75) is 38.0 Å². The van der Waals surface area contributed by atoms with E-state index < -0.39 is 22.8 Å². The van der Waals surface area contributed by atoms with E-state index in [9.17, 15) is 13.2 Å². The molecule has 1 heterocycles. The van der Waals surface area contributed by atoms with Crippen LogP contribution in [0.4, 0.5) is 13.2 Å². The molecule has 0 bridgehead atoms. The minimum absolute atomic E-state index is 0.393. The summed E-state index contributed by atoms with van der Waals surface area (Å²) in [6.07, 6.45) is -2.43. The number of thiazole rings is 1. The van der Waals surface area contributed by atoms with Gasteiger partial charge >= 0.3 is 6.18 Å². The van der Waals surface area contributed by atoms with Crippen LogP contribution in [0.2, 0.25) is 0 Å². The van der Waals surface area contributed by atoms with E-state index in [1.54, 1.807) is 0 Å². The quantitative estimate of drug-likeness (QED) is 0.922. The van der Waals surface area contributed by atoms with Gasteiger partial charge in [-0.1, -0.05) is 6.92 Å². The Kier molecular flexibility index (Phi) is 4.40. The summed E-state index contributed by atoms with van der Waals surface area (Å²) in [5.41, 5.74) is 5.71. The van der Waals surface area contributed by atoms with E-state index in [1.807, 2.05) is 32.8 Å². The fraction of sp³-hybridized carbons (Fsp3) is 0.727. The minimum atomic E-state index is -4.40. The highest BCUT2D eigenvalue weighted by Gasteiger charge is 2.38. The van der Waals surface area contributed by atoms with Crippen LogP contribution in [0.25, 0.3) is 0 Å². The number of likely N-dealkylation sites (N-methyl/N-ethyl adjacent to an activating group) is 1. The molecule has 0 saturated carbocycles. The Morgan fingerprint density at radius 2 is 2.00 bits per heavy atom. The van der Waals surface area contributed by atoms with E-state index >= 15 is 0 Å². The molecular formula is C11H18F3N3S. The summed E-state index contributed by atoms with van der Waals surface area (Å²) >= 11 is 0.620. The molecule has 7 heteroatoms. The van der Waals surface area contributed by atoms with Crippen molar-refractivity contribution >= 4 is 11.3 Å². The van der Waals surface area contributed by atoms with Crippen molar-refractivity contribution in [1.29, 1.82) is 0 Å². The van der Waals surface area contributed by atoms with E-state index in [0.717, 1.165) is 6.42 Å². The van der Waals surface area contributed by atoms with Gasteiger partial charge < -0.3 is 10.6 Å². The average Bonchev–Trinajstić information content (AvgIpc) is 2.75. The molecule has 0 amide bonds. The van der Waals surface area contributed by atoms with E-state index in [2.05, 4.69) is 4.98 Å². The van der Waals surface area contributed by atoms with Crippen molar-refractivity contribution in [3.05, 3.63) is 16.1 Å². The largest absolute Gasteiger partial charge is 0.443 e. The Hall–Kier alpha value is -0.660. The lowest BCUT2D eigenvalue weighted by Gasteiger charge is -2.40. The normalized spacial score (nSPS) is 17.8. The maximum atomic E-state index is 12.5. The molecule has 0 radical (unpaired) electrons. The van der Waals surface area contributed by atoms with Gasteiger partial charge in [-0.05, 0) is 27.4 Å². The molecule has 0 aliphatic carbocycles. The first kappa shape index (κ1) is 15.4. The number of nitrogens with two attached hydrogens (primary N) is 1. The molecule has 0 aromatic carbocycles. The molecule has 3 nitrogen and oxygen atoms in total. The number of alkyl halides is 3. The molecule has 0 fully saturated rings. The predicted octanol–water partition coefficient (Wildman–Crippen LogP) is 2.89. The number of rotatable bonds is 4. The highest BCUT2D eigenvalue weighted by molar-refractivity contribution is 7.11. The molecule has 1 aromatic heterocycles. The smallest absolute Gasteiger partial charge is 0.322 e. The number of halogens is 3. The lowest BCUT2D eigenvalue weighted by atomic mass is 9.88. The van der Waals surface area contributed by atoms with Crippen LogP contribution in [0, 0.1) is 0 Å². The summed E-state index contributed by atoms with van der Waals surface area (Å²) in [7, 11) is 3.74. The molecule has 0 aliphatic rings. The van der Waals surface area contributed by atoms with Crippen LogP contribution < -0.4 is 5.73 Å². The maximum Gasteiger partial charge on any atom is 0.443 e. The first-order chi connectivity index (χ1) is 8.13. The van der Waals surface area contributed by atoms with Crippen molar-refractivity contribution in [2.75, 3.05) is 14.1 Å². The minimum Gasteiger partial charge on any atom is -0.322 e. The molecule has 2 unspecified atom stereocenters. The summed E-state index contributed by atoms with van der Waals surface area (Å²) < 4.78 is 37.5. The second-order valence-corrected chi connectivity index (χ2v) is 5.71. The van der Waals surface area contributed by atoms with Crippen molar-refractivity contribution in [3.8, 4) is 0 Å². The highest BCUT2D eigenvalue weighted by atomic mass is 32.1. The van der Waals surface area contributed by atoms with Gasteiger partial charge in [0.05, 0.1) is 6.04 Å². The van der Waals surface area contributed by atoms with Crippen LogP contribution in [0.3, 0.4) is 0 Å². The number of nitrogens with zero attached hydrogens (tertiary/aromatic N) is 2. The zero-order valence-electron chi connectivity index (χ0n) is 10.9. The highest BCUT2D eigenvalue weighted by Crippen LogP contribution is 2.38. The maximum absolute atomic E-state index is 12.5. The van der Waals surface area contributed by atoms with Gasteiger partial charge in [-0.25, -0.2) is 4.98 Å². The summed E-state index contributed by atoms with van der Waals surface area (Å²) in [6.45, 7) is 3.90. The Bertz CT molecular complexity index is 402. The summed E-state index contributed by atoms with van der Waals surface area (Å²) in [4.78, 5) is 5.80. The predicted molar refractivity (Wildman–Crippen MR) is 66.4 cm³/mol. The molecule has 0 saturated heterocycles. The van der Waals surface area contributed by atoms with Crippen molar-refractivity contribution in [2.24, 2.45) is 5.73 Å². The van der Waals surface area contributed by atoms with Crippen molar-refractivity contribution in [1.82, 2.24) is 9.88 Å². The zero-order valence-corrected chi connectivity index (χ0v) is 11.7. The van der Waals surface area contributed by atoms with Gasteiger partial charge in [0.15, 0.2) is 5.01 Å². The molecule has 0 spiro atoms. The molecule has 1 aromatic rings. The fourth-order valence-corrected chi connectivity index (χ4v) is 2.61. The first-order valence-electron chi connectivity index (χ1n) is 5.59. The van der Waals surface area contributed by atoms with Crippen LogP contribution in [-0.4, -0.2) is 29.5 Å². The zero-order chi connectivity index (χ0) is 14.1. The van der Waals surface area contributed by atoms with Crippen LogP contribution in [-0.2, 0) is 6.18 Å². The van der Waals surface area contributed by atoms with E-state index in [4.69, 9.17) is 5.73 Å².